The number of aryl methyl sites for hydroxylation is 20. The van der Waals surface area contributed by atoms with Gasteiger partial charge in [0.1, 0.15) is 34.5 Å². The summed E-state index contributed by atoms with van der Waals surface area (Å²) in [6, 6.07) is 71.0. The Morgan fingerprint density at radius 1 is 0.213 bits per heavy atom. The summed E-state index contributed by atoms with van der Waals surface area (Å²) < 4.78 is 18.0. The van der Waals surface area contributed by atoms with Gasteiger partial charge in [0.15, 0.2) is 5.78 Å². The molecule has 94 heavy (non-hydrogen) atoms. The lowest BCUT2D eigenvalue weighted by Gasteiger charge is -2.26. The lowest BCUT2D eigenvalue weighted by molar-refractivity contribution is 0.103. The minimum absolute atomic E-state index is 0.0983. The smallest absolute Gasteiger partial charge is 0.193 e. The van der Waals surface area contributed by atoms with Gasteiger partial charge in [0.25, 0.3) is 0 Å². The van der Waals surface area contributed by atoms with Crippen LogP contribution in [-0.2, 0) is 5.41 Å². The Morgan fingerprint density at radius 3 is 0.660 bits per heavy atom. The maximum absolute atomic E-state index is 12.4. The second kappa shape index (κ2) is 32.4. The second-order valence-corrected chi connectivity index (χ2v) is 26.5. The highest BCUT2D eigenvalue weighted by atomic mass is 16.5. The molecule has 0 spiro atoms. The first-order valence-corrected chi connectivity index (χ1v) is 32.9. The van der Waals surface area contributed by atoms with E-state index in [1.54, 1.807) is 0 Å². The van der Waals surface area contributed by atoms with Gasteiger partial charge in [-0.15, -0.1) is 0 Å². The Balaban J connectivity index is 0.000000176. The van der Waals surface area contributed by atoms with Crippen molar-refractivity contribution >= 4 is 5.78 Å². The molecule has 0 saturated heterocycles. The number of carbonyl (C=O) groups excluding carboxylic acids is 1. The van der Waals surface area contributed by atoms with Crippen LogP contribution in [0.25, 0.3) is 11.1 Å². The summed E-state index contributed by atoms with van der Waals surface area (Å²) in [5.74, 6) is 5.31. The lowest BCUT2D eigenvalue weighted by Crippen LogP contribution is -2.18. The van der Waals surface area contributed by atoms with E-state index in [1.165, 1.54) is 122 Å². The fourth-order valence-electron chi connectivity index (χ4n) is 10.4. The van der Waals surface area contributed by atoms with E-state index in [9.17, 15) is 4.79 Å². The van der Waals surface area contributed by atoms with E-state index in [1.807, 2.05) is 98.8 Å². The van der Waals surface area contributed by atoms with Crippen molar-refractivity contribution in [2.45, 2.75) is 158 Å². The number of benzene rings is 11. The molecule has 0 saturated carbocycles. The van der Waals surface area contributed by atoms with Crippen LogP contribution in [0.4, 0.5) is 0 Å². The summed E-state index contributed by atoms with van der Waals surface area (Å²) in [4.78, 5) is 12.4. The zero-order valence-electron chi connectivity index (χ0n) is 60.3. The molecular formula is C90H100O4. The topological polar surface area (TPSA) is 44.8 Å². The van der Waals surface area contributed by atoms with Gasteiger partial charge in [-0.3, -0.25) is 4.79 Å². The highest BCUT2D eigenvalue weighted by Gasteiger charge is 2.23. The van der Waals surface area contributed by atoms with E-state index in [0.29, 0.717) is 0 Å². The lowest BCUT2D eigenvalue weighted by atomic mass is 9.78. The Labute approximate surface area is 564 Å². The monoisotopic (exact) mass is 1240 g/mol. The standard InChI is InChI=1S/C31H32O2.C17H18O.C16H18O.C16H18.C10H14/c1-21-7-13-29(19-23(21)3)32-27-15-9-25(10-16-27)31(5,6)26-11-17-28(18-12-26)33-30-14-8-22(2)24(4)20-30;1-11-5-7-15(9-13(11)3)17(18)16-8-6-12(2)14(4)10-16;1-11-5-7-15(9-13(11)3)17-16-8-6-12(2)14(4)10-16;1-11-5-7-15(9-13(11)3)16-8-6-12(2)14(4)10-16;1-7-5-9(3)10(4)6-8(7)2/h7-20H,1-6H3;5-10H,1-4H3;5-10H,1-4H3;5-10H,1-4H3;5-6H,1-4H3. The highest BCUT2D eigenvalue weighted by molar-refractivity contribution is 6.09. The third-order valence-corrected chi connectivity index (χ3v) is 18.8. The van der Waals surface area contributed by atoms with Crippen LogP contribution in [0.1, 0.15) is 152 Å². The largest absolute Gasteiger partial charge is 0.457 e. The number of ketones is 1. The maximum atomic E-state index is 12.4. The molecule has 0 aliphatic carbocycles. The zero-order chi connectivity index (χ0) is 68.7. The van der Waals surface area contributed by atoms with E-state index >= 15 is 0 Å². The fourth-order valence-corrected chi connectivity index (χ4v) is 10.4. The molecule has 0 fully saturated rings. The minimum atomic E-state index is -0.141. The molecular weight excluding hydrogens is 1140 g/mol. The Hall–Kier alpha value is -9.51. The van der Waals surface area contributed by atoms with Crippen LogP contribution in [0.15, 0.2) is 206 Å². The molecule has 0 aromatic heterocycles. The van der Waals surface area contributed by atoms with Gasteiger partial charge in [-0.25, -0.2) is 0 Å². The van der Waals surface area contributed by atoms with E-state index in [0.717, 1.165) is 56.8 Å². The minimum Gasteiger partial charge on any atom is -0.457 e. The zero-order valence-corrected chi connectivity index (χ0v) is 60.3. The number of hydrogen-bond acceptors (Lipinski definition) is 4. The molecule has 11 aromatic rings. The molecule has 0 aliphatic heterocycles. The summed E-state index contributed by atoms with van der Waals surface area (Å²) >= 11 is 0. The quantitative estimate of drug-likeness (QED) is 0.121. The Bertz CT molecular complexity index is 4120. The highest BCUT2D eigenvalue weighted by Crippen LogP contribution is 2.36. The third-order valence-electron chi connectivity index (χ3n) is 18.8. The molecule has 484 valence electrons. The average Bonchev–Trinajstić information content (AvgIpc) is 0.829. The predicted molar refractivity (Wildman–Crippen MR) is 400 cm³/mol. The third kappa shape index (κ3) is 19.8. The summed E-state index contributed by atoms with van der Waals surface area (Å²) in [6.07, 6.45) is 0. The fraction of sp³-hybridized carbons (Fsp3) is 0.256. The SMILES string of the molecule is Cc1cc(C)c(C)cc1C.Cc1ccc(-c2ccc(C)c(C)c2)cc1C.Cc1ccc(C(=O)c2ccc(C)c(C)c2)cc1C.Cc1ccc(Oc2ccc(C(C)(C)c3ccc(Oc4ccc(C)c(C)c4)cc3)cc2)cc1C.Cc1ccc(Oc2ccc(C)c(C)c2)cc1C. The normalized spacial score (nSPS) is 10.7. The van der Waals surface area contributed by atoms with Crippen molar-refractivity contribution in [2.75, 3.05) is 0 Å². The van der Waals surface area contributed by atoms with Gasteiger partial charge >= 0.3 is 0 Å². The van der Waals surface area contributed by atoms with Crippen molar-refractivity contribution < 1.29 is 19.0 Å². The molecule has 0 radical (unpaired) electrons. The van der Waals surface area contributed by atoms with E-state index in [4.69, 9.17) is 14.2 Å². The second-order valence-electron chi connectivity index (χ2n) is 26.5. The average molecular weight is 1250 g/mol. The van der Waals surface area contributed by atoms with Crippen molar-refractivity contribution in [3.63, 3.8) is 0 Å². The first-order valence-electron chi connectivity index (χ1n) is 32.9. The predicted octanol–water partition coefficient (Wildman–Crippen LogP) is 25.2. The van der Waals surface area contributed by atoms with Crippen molar-refractivity contribution in [3.8, 4) is 45.6 Å². The summed E-state index contributed by atoms with van der Waals surface area (Å²) in [7, 11) is 0. The number of ether oxygens (including phenoxy) is 3. The molecule has 4 heteroatoms. The first kappa shape index (κ1) is 71.9. The van der Waals surface area contributed by atoms with Gasteiger partial charge in [0.05, 0.1) is 0 Å². The molecule has 0 bridgehead atoms. The van der Waals surface area contributed by atoms with Crippen molar-refractivity contribution in [1.29, 1.82) is 0 Å². The van der Waals surface area contributed by atoms with Crippen molar-refractivity contribution in [1.82, 2.24) is 0 Å². The van der Waals surface area contributed by atoms with Crippen LogP contribution < -0.4 is 14.2 Å². The van der Waals surface area contributed by atoms with Gasteiger partial charge in [0.2, 0.25) is 0 Å². The summed E-state index contributed by atoms with van der Waals surface area (Å²) in [5.41, 5.74) is 32.3. The van der Waals surface area contributed by atoms with Crippen LogP contribution in [0.5, 0.6) is 34.5 Å². The molecule has 0 amide bonds. The Morgan fingerprint density at radius 2 is 0.415 bits per heavy atom. The van der Waals surface area contributed by atoms with Gasteiger partial charge in [-0.05, 0) is 357 Å². The van der Waals surface area contributed by atoms with Crippen LogP contribution in [0.2, 0.25) is 0 Å². The van der Waals surface area contributed by atoms with Crippen LogP contribution in [-0.4, -0.2) is 5.78 Å². The van der Waals surface area contributed by atoms with Gasteiger partial charge in [0, 0.05) is 16.5 Å². The van der Waals surface area contributed by atoms with E-state index < -0.39 is 0 Å². The Kier molecular flexibility index (Phi) is 24.8. The van der Waals surface area contributed by atoms with Crippen molar-refractivity contribution in [2.24, 2.45) is 0 Å². The molecule has 4 nitrogen and oxygen atoms in total. The maximum Gasteiger partial charge on any atom is 0.193 e. The molecule has 0 heterocycles. The van der Waals surface area contributed by atoms with Gasteiger partial charge in [-0.1, -0.05) is 135 Å². The molecule has 0 atom stereocenters. The van der Waals surface area contributed by atoms with Crippen LogP contribution >= 0.6 is 0 Å². The number of hydrogen-bond donors (Lipinski definition) is 0. The first-order chi connectivity index (χ1) is 44.4. The van der Waals surface area contributed by atoms with Crippen LogP contribution in [0.3, 0.4) is 0 Å². The number of rotatable bonds is 11. The summed E-state index contributed by atoms with van der Waals surface area (Å²) in [6.45, 7) is 46.8. The van der Waals surface area contributed by atoms with E-state index in [2.05, 4.69) is 260 Å². The van der Waals surface area contributed by atoms with Gasteiger partial charge in [-0.2, -0.15) is 0 Å². The molecule has 0 unspecified atom stereocenters. The van der Waals surface area contributed by atoms with Crippen LogP contribution in [0, 0.1) is 138 Å². The number of carbonyl (C=O) groups is 1. The molecule has 0 N–H and O–H groups in total. The molecule has 11 rings (SSSR count). The molecule has 0 aliphatic rings. The summed E-state index contributed by atoms with van der Waals surface area (Å²) in [5, 5.41) is 0. The van der Waals surface area contributed by atoms with Crippen molar-refractivity contribution in [3.05, 3.63) is 340 Å². The van der Waals surface area contributed by atoms with E-state index in [-0.39, 0.29) is 11.2 Å². The van der Waals surface area contributed by atoms with Gasteiger partial charge < -0.3 is 14.2 Å². The molecule has 11 aromatic carbocycles.